The SMILES string of the molecule is CC(C)(C)c1cccc(-c2ccc3ccc4c(-c5ccc(-n6c7ccccc7c7ccccc76)cc5)ccc5ccc2c3c54)c1. The van der Waals surface area contributed by atoms with E-state index in [0.717, 1.165) is 0 Å². The van der Waals surface area contributed by atoms with Gasteiger partial charge in [-0.25, -0.2) is 0 Å². The second-order valence-electron chi connectivity index (χ2n) is 13.4. The van der Waals surface area contributed by atoms with Crippen molar-refractivity contribution >= 4 is 54.1 Å². The summed E-state index contributed by atoms with van der Waals surface area (Å²) in [6.07, 6.45) is 0. The van der Waals surface area contributed by atoms with E-state index >= 15 is 0 Å². The van der Waals surface area contributed by atoms with Gasteiger partial charge < -0.3 is 4.57 Å². The summed E-state index contributed by atoms with van der Waals surface area (Å²) in [4.78, 5) is 0. The molecule has 9 aromatic rings. The Morgan fingerprint density at radius 1 is 0.422 bits per heavy atom. The van der Waals surface area contributed by atoms with Gasteiger partial charge in [0.25, 0.3) is 0 Å². The van der Waals surface area contributed by atoms with Crippen LogP contribution < -0.4 is 0 Å². The van der Waals surface area contributed by atoms with E-state index in [4.69, 9.17) is 0 Å². The van der Waals surface area contributed by atoms with Gasteiger partial charge in [0.05, 0.1) is 11.0 Å². The van der Waals surface area contributed by atoms with Crippen molar-refractivity contribution in [3.05, 3.63) is 151 Å². The van der Waals surface area contributed by atoms with Crippen molar-refractivity contribution < 1.29 is 0 Å². The van der Waals surface area contributed by atoms with E-state index in [-0.39, 0.29) is 5.41 Å². The Kier molecular flexibility index (Phi) is 5.53. The Labute approximate surface area is 263 Å². The van der Waals surface area contributed by atoms with Gasteiger partial charge >= 0.3 is 0 Å². The van der Waals surface area contributed by atoms with Crippen LogP contribution in [0.25, 0.3) is 82.1 Å². The predicted molar refractivity (Wildman–Crippen MR) is 194 cm³/mol. The van der Waals surface area contributed by atoms with Crippen LogP contribution in [-0.2, 0) is 5.41 Å². The highest BCUT2D eigenvalue weighted by Crippen LogP contribution is 2.43. The average Bonchev–Trinajstić information content (AvgIpc) is 3.41. The predicted octanol–water partition coefficient (Wildman–Crippen LogP) is 12.3. The van der Waals surface area contributed by atoms with Crippen LogP contribution in [0.3, 0.4) is 0 Å². The molecule has 0 spiro atoms. The van der Waals surface area contributed by atoms with Crippen molar-refractivity contribution in [1.29, 1.82) is 0 Å². The molecule has 1 aromatic heterocycles. The van der Waals surface area contributed by atoms with Gasteiger partial charge in [0, 0.05) is 16.5 Å². The Morgan fingerprint density at radius 2 is 0.956 bits per heavy atom. The van der Waals surface area contributed by atoms with Crippen LogP contribution in [0.15, 0.2) is 146 Å². The fourth-order valence-electron chi connectivity index (χ4n) is 7.45. The molecule has 0 radical (unpaired) electrons. The Bertz CT molecular complexity index is 2500. The molecule has 1 nitrogen and oxygen atoms in total. The number of hydrogen-bond acceptors (Lipinski definition) is 0. The fraction of sp³-hybridized carbons (Fsp3) is 0.0909. The van der Waals surface area contributed by atoms with Crippen LogP contribution >= 0.6 is 0 Å². The smallest absolute Gasteiger partial charge is 0.0541 e. The molecule has 0 aliphatic carbocycles. The van der Waals surface area contributed by atoms with E-state index in [1.165, 1.54) is 87.6 Å². The molecule has 0 aliphatic rings. The molecule has 0 N–H and O–H groups in total. The van der Waals surface area contributed by atoms with E-state index in [9.17, 15) is 0 Å². The summed E-state index contributed by atoms with van der Waals surface area (Å²) < 4.78 is 2.38. The van der Waals surface area contributed by atoms with Gasteiger partial charge in [0.15, 0.2) is 0 Å². The molecule has 0 amide bonds. The highest BCUT2D eigenvalue weighted by Gasteiger charge is 2.18. The van der Waals surface area contributed by atoms with Crippen LogP contribution in [0.5, 0.6) is 0 Å². The number of benzene rings is 8. The summed E-state index contributed by atoms with van der Waals surface area (Å²) in [6, 6.07) is 54.0. The number of para-hydroxylation sites is 2. The van der Waals surface area contributed by atoms with Gasteiger partial charge in [-0.2, -0.15) is 0 Å². The first-order valence-corrected chi connectivity index (χ1v) is 15.9. The zero-order valence-corrected chi connectivity index (χ0v) is 25.8. The van der Waals surface area contributed by atoms with Crippen LogP contribution in [0, 0.1) is 0 Å². The van der Waals surface area contributed by atoms with Crippen molar-refractivity contribution in [3.8, 4) is 27.9 Å². The van der Waals surface area contributed by atoms with Crippen molar-refractivity contribution in [1.82, 2.24) is 4.57 Å². The van der Waals surface area contributed by atoms with Gasteiger partial charge in [0.2, 0.25) is 0 Å². The summed E-state index contributed by atoms with van der Waals surface area (Å²) in [6.45, 7) is 6.85. The molecule has 9 rings (SSSR count). The number of nitrogens with zero attached hydrogens (tertiary/aromatic N) is 1. The Hall–Kier alpha value is -5.40. The van der Waals surface area contributed by atoms with Crippen LogP contribution in [0.1, 0.15) is 26.3 Å². The second-order valence-corrected chi connectivity index (χ2v) is 13.4. The zero-order chi connectivity index (χ0) is 30.3. The van der Waals surface area contributed by atoms with Crippen molar-refractivity contribution in [2.45, 2.75) is 26.2 Å². The summed E-state index contributed by atoms with van der Waals surface area (Å²) in [5, 5.41) is 10.5. The van der Waals surface area contributed by atoms with E-state index < -0.39 is 0 Å². The van der Waals surface area contributed by atoms with Gasteiger partial charge in [-0.3, -0.25) is 0 Å². The van der Waals surface area contributed by atoms with E-state index in [1.807, 2.05) is 0 Å². The zero-order valence-electron chi connectivity index (χ0n) is 25.8. The highest BCUT2D eigenvalue weighted by molar-refractivity contribution is 6.27. The molecule has 0 fully saturated rings. The van der Waals surface area contributed by atoms with Crippen molar-refractivity contribution in [3.63, 3.8) is 0 Å². The maximum atomic E-state index is 2.38. The van der Waals surface area contributed by atoms with E-state index in [0.29, 0.717) is 0 Å². The quantitative estimate of drug-likeness (QED) is 0.185. The monoisotopic (exact) mass is 575 g/mol. The lowest BCUT2D eigenvalue weighted by Crippen LogP contribution is -2.10. The number of fused-ring (bicyclic) bond motifs is 3. The number of hydrogen-bond donors (Lipinski definition) is 0. The maximum absolute atomic E-state index is 2.38. The van der Waals surface area contributed by atoms with Crippen molar-refractivity contribution in [2.75, 3.05) is 0 Å². The maximum Gasteiger partial charge on any atom is 0.0541 e. The van der Waals surface area contributed by atoms with E-state index in [1.54, 1.807) is 0 Å². The minimum absolute atomic E-state index is 0.103. The first-order valence-electron chi connectivity index (χ1n) is 15.9. The normalized spacial score (nSPS) is 12.3. The van der Waals surface area contributed by atoms with Gasteiger partial charge in [-0.05, 0) is 89.8 Å². The van der Waals surface area contributed by atoms with Gasteiger partial charge in [-0.15, -0.1) is 0 Å². The first kappa shape index (κ1) is 26.0. The molecule has 1 heteroatoms. The summed E-state index contributed by atoms with van der Waals surface area (Å²) >= 11 is 0. The van der Waals surface area contributed by atoms with Crippen LogP contribution in [-0.4, -0.2) is 4.57 Å². The largest absolute Gasteiger partial charge is 0.309 e. The molecule has 1 heterocycles. The molecule has 0 atom stereocenters. The van der Waals surface area contributed by atoms with Gasteiger partial charge in [0.1, 0.15) is 0 Å². The second kappa shape index (κ2) is 9.55. The summed E-state index contributed by atoms with van der Waals surface area (Å²) in [5.41, 5.74) is 10.2. The minimum Gasteiger partial charge on any atom is -0.309 e. The molecular formula is C44H33N. The lowest BCUT2D eigenvalue weighted by Gasteiger charge is -2.21. The summed E-state index contributed by atoms with van der Waals surface area (Å²) in [7, 11) is 0. The molecule has 0 aliphatic heterocycles. The Morgan fingerprint density at radius 3 is 1.53 bits per heavy atom. The molecule has 0 saturated heterocycles. The average molecular weight is 576 g/mol. The lowest BCUT2D eigenvalue weighted by atomic mass is 9.84. The highest BCUT2D eigenvalue weighted by atomic mass is 15.0. The molecule has 8 aromatic carbocycles. The fourth-order valence-corrected chi connectivity index (χ4v) is 7.45. The molecule has 0 saturated carbocycles. The third-order valence-corrected chi connectivity index (χ3v) is 9.72. The molecular weight excluding hydrogens is 542 g/mol. The van der Waals surface area contributed by atoms with Gasteiger partial charge in [-0.1, -0.05) is 142 Å². The molecule has 0 unspecified atom stereocenters. The first-order chi connectivity index (χ1) is 22.0. The summed E-state index contributed by atoms with van der Waals surface area (Å²) in [5.74, 6) is 0. The standard InChI is InChI=1S/C44H33N/c1-44(2,3)32-10-8-9-31(27-32)35-24-18-30-19-25-38-34(23-17-29-20-26-39(35)43(30)42(29)38)28-15-21-33(22-16-28)45-40-13-6-4-11-36(40)37-12-5-7-14-41(37)45/h4-27H,1-3H3. The Balaban J connectivity index is 1.21. The lowest BCUT2D eigenvalue weighted by molar-refractivity contribution is 0.590. The topological polar surface area (TPSA) is 4.93 Å². The van der Waals surface area contributed by atoms with Crippen LogP contribution in [0.2, 0.25) is 0 Å². The number of aromatic nitrogens is 1. The third kappa shape index (κ3) is 3.94. The van der Waals surface area contributed by atoms with Crippen molar-refractivity contribution in [2.24, 2.45) is 0 Å². The van der Waals surface area contributed by atoms with E-state index in [2.05, 4.69) is 171 Å². The third-order valence-electron chi connectivity index (χ3n) is 9.72. The number of rotatable bonds is 3. The molecule has 214 valence electrons. The molecule has 0 bridgehead atoms. The molecule has 45 heavy (non-hydrogen) atoms. The minimum atomic E-state index is 0.103. The van der Waals surface area contributed by atoms with Crippen LogP contribution in [0.4, 0.5) is 0 Å².